The first kappa shape index (κ1) is 16.1. The summed E-state index contributed by atoms with van der Waals surface area (Å²) in [6.07, 6.45) is 0.340. The number of hydrogen-bond acceptors (Lipinski definition) is 2. The third-order valence-corrected chi connectivity index (χ3v) is 3.82. The summed E-state index contributed by atoms with van der Waals surface area (Å²) in [5.74, 6) is 0.608. The Balaban J connectivity index is 1.87. The lowest BCUT2D eigenvalue weighted by molar-refractivity contribution is -0.132. The van der Waals surface area contributed by atoms with Gasteiger partial charge in [0.2, 0.25) is 0 Å². The van der Waals surface area contributed by atoms with Gasteiger partial charge in [0.05, 0.1) is 13.0 Å². The van der Waals surface area contributed by atoms with Crippen LogP contribution in [0.3, 0.4) is 0 Å². The van der Waals surface area contributed by atoms with Gasteiger partial charge in [-0.3, -0.25) is 9.89 Å². The van der Waals surface area contributed by atoms with Crippen molar-refractivity contribution < 1.29 is 13.2 Å². The number of nitrogens with one attached hydrogen (secondary N) is 1. The second kappa shape index (κ2) is 7.15. The number of hydrogen-bond donors (Lipinski definition) is 1. The van der Waals surface area contributed by atoms with Crippen LogP contribution in [-0.4, -0.2) is 67.2 Å². The largest absolute Gasteiger partial charge is 0.390 e. The average Bonchev–Trinajstić information content (AvgIpc) is 3.07. The fourth-order valence-corrected chi connectivity index (χ4v) is 2.74. The molecule has 120 valence electrons. The predicted molar refractivity (Wildman–Crippen MR) is 77.3 cm³/mol. The summed E-state index contributed by atoms with van der Waals surface area (Å²) in [5, 5.41) is 3.10. The molecule has 2 heterocycles. The zero-order valence-electron chi connectivity index (χ0n) is 12.4. The summed E-state index contributed by atoms with van der Waals surface area (Å²) >= 11 is 0. The van der Waals surface area contributed by atoms with Gasteiger partial charge >= 0.3 is 6.18 Å². The fraction of sp³-hybridized carbons (Fsp3) is 0.786. The lowest BCUT2D eigenvalue weighted by atomic mass is 10.2. The van der Waals surface area contributed by atoms with Crippen LogP contribution < -0.4 is 5.32 Å². The van der Waals surface area contributed by atoms with E-state index in [-0.39, 0.29) is 6.54 Å². The summed E-state index contributed by atoms with van der Waals surface area (Å²) in [7, 11) is 0. The third kappa shape index (κ3) is 4.91. The van der Waals surface area contributed by atoms with Gasteiger partial charge in [-0.2, -0.15) is 13.2 Å². The summed E-state index contributed by atoms with van der Waals surface area (Å²) in [6, 6.07) is 0.464. The molecule has 1 N–H and O–H groups in total. The van der Waals surface area contributed by atoms with Crippen molar-refractivity contribution >= 4 is 5.96 Å². The van der Waals surface area contributed by atoms with E-state index in [4.69, 9.17) is 0 Å². The Kier molecular flexibility index (Phi) is 5.50. The normalized spacial score (nSPS) is 24.1. The van der Waals surface area contributed by atoms with E-state index in [2.05, 4.69) is 32.3 Å². The zero-order chi connectivity index (χ0) is 15.3. The Morgan fingerprint density at radius 1 is 1.33 bits per heavy atom. The van der Waals surface area contributed by atoms with E-state index in [1.54, 1.807) is 0 Å². The SMILES string of the molecule is CCNC(=NCCC(F)(F)F)N1CCC(N2CC=CC2)C1. The molecule has 4 nitrogen and oxygen atoms in total. The molecule has 0 aliphatic carbocycles. The lowest BCUT2D eigenvalue weighted by Crippen LogP contribution is -2.43. The van der Waals surface area contributed by atoms with Gasteiger partial charge in [0.15, 0.2) is 5.96 Å². The highest BCUT2D eigenvalue weighted by molar-refractivity contribution is 5.80. The molecule has 0 radical (unpaired) electrons. The van der Waals surface area contributed by atoms with Crippen molar-refractivity contribution in [2.24, 2.45) is 4.99 Å². The van der Waals surface area contributed by atoms with Crippen LogP contribution in [0, 0.1) is 0 Å². The van der Waals surface area contributed by atoms with Crippen LogP contribution >= 0.6 is 0 Å². The van der Waals surface area contributed by atoms with E-state index in [1.807, 2.05) is 6.92 Å². The molecule has 2 rings (SSSR count). The number of likely N-dealkylation sites (tertiary alicyclic amines) is 1. The van der Waals surface area contributed by atoms with Gasteiger partial charge in [0, 0.05) is 38.8 Å². The van der Waals surface area contributed by atoms with Crippen LogP contribution in [0.2, 0.25) is 0 Å². The molecular formula is C14H23F3N4. The Morgan fingerprint density at radius 2 is 2.05 bits per heavy atom. The first-order valence-corrected chi connectivity index (χ1v) is 7.48. The monoisotopic (exact) mass is 304 g/mol. The van der Waals surface area contributed by atoms with Gasteiger partial charge < -0.3 is 10.2 Å². The standard InChI is InChI=1S/C14H23F3N4/c1-2-18-13(19-7-6-14(15,16)17)21-10-5-12(11-21)20-8-3-4-9-20/h3-4,12H,2,5-11H2,1H3,(H,18,19). The maximum atomic E-state index is 12.2. The number of halogens is 3. The van der Waals surface area contributed by atoms with Crippen molar-refractivity contribution in [2.75, 3.05) is 39.3 Å². The van der Waals surface area contributed by atoms with Crippen LogP contribution in [0.1, 0.15) is 19.8 Å². The highest BCUT2D eigenvalue weighted by Gasteiger charge is 2.30. The smallest absolute Gasteiger partial charge is 0.357 e. The lowest BCUT2D eigenvalue weighted by Gasteiger charge is -2.25. The highest BCUT2D eigenvalue weighted by atomic mass is 19.4. The molecular weight excluding hydrogens is 281 g/mol. The van der Waals surface area contributed by atoms with Gasteiger partial charge in [-0.25, -0.2) is 0 Å². The molecule has 21 heavy (non-hydrogen) atoms. The summed E-state index contributed by atoms with van der Waals surface area (Å²) < 4.78 is 36.7. The molecule has 0 bridgehead atoms. The summed E-state index contributed by atoms with van der Waals surface area (Å²) in [4.78, 5) is 8.58. The average molecular weight is 304 g/mol. The molecule has 2 aliphatic rings. The predicted octanol–water partition coefficient (Wildman–Crippen LogP) is 1.85. The topological polar surface area (TPSA) is 30.9 Å². The quantitative estimate of drug-likeness (QED) is 0.488. The molecule has 0 aromatic carbocycles. The molecule has 0 aromatic rings. The molecule has 7 heteroatoms. The maximum absolute atomic E-state index is 12.2. The van der Waals surface area contributed by atoms with Crippen LogP contribution in [-0.2, 0) is 0 Å². The van der Waals surface area contributed by atoms with E-state index in [0.717, 1.165) is 32.6 Å². The number of nitrogens with zero attached hydrogens (tertiary/aromatic N) is 3. The van der Waals surface area contributed by atoms with Crippen molar-refractivity contribution in [3.05, 3.63) is 12.2 Å². The number of aliphatic imine (C=N–C) groups is 1. The maximum Gasteiger partial charge on any atom is 0.390 e. The summed E-state index contributed by atoms with van der Waals surface area (Å²) in [6.45, 7) is 6.01. The highest BCUT2D eigenvalue weighted by Crippen LogP contribution is 2.20. The van der Waals surface area contributed by atoms with Gasteiger partial charge in [0.1, 0.15) is 0 Å². The first-order chi connectivity index (χ1) is 9.99. The number of rotatable bonds is 4. The van der Waals surface area contributed by atoms with Crippen LogP contribution in [0.25, 0.3) is 0 Å². The van der Waals surface area contributed by atoms with Gasteiger partial charge in [-0.05, 0) is 13.3 Å². The minimum Gasteiger partial charge on any atom is -0.357 e. The van der Waals surface area contributed by atoms with Crippen molar-refractivity contribution in [1.29, 1.82) is 0 Å². The van der Waals surface area contributed by atoms with E-state index >= 15 is 0 Å². The van der Waals surface area contributed by atoms with Gasteiger partial charge in [-0.1, -0.05) is 12.2 Å². The van der Waals surface area contributed by atoms with Crippen LogP contribution in [0.4, 0.5) is 13.2 Å². The molecule has 1 saturated heterocycles. The van der Waals surface area contributed by atoms with Gasteiger partial charge in [0.25, 0.3) is 0 Å². The van der Waals surface area contributed by atoms with Crippen molar-refractivity contribution in [1.82, 2.24) is 15.1 Å². The third-order valence-electron chi connectivity index (χ3n) is 3.82. The Labute approximate surface area is 123 Å². The zero-order valence-corrected chi connectivity index (χ0v) is 12.4. The van der Waals surface area contributed by atoms with E-state index in [0.29, 0.717) is 18.5 Å². The second-order valence-electron chi connectivity index (χ2n) is 5.41. The molecule has 1 atom stereocenters. The second-order valence-corrected chi connectivity index (χ2v) is 5.41. The molecule has 2 aliphatic heterocycles. The molecule has 1 unspecified atom stereocenters. The van der Waals surface area contributed by atoms with E-state index < -0.39 is 12.6 Å². The van der Waals surface area contributed by atoms with Crippen LogP contribution in [0.15, 0.2) is 17.1 Å². The molecule has 0 spiro atoms. The van der Waals surface area contributed by atoms with E-state index in [9.17, 15) is 13.2 Å². The first-order valence-electron chi connectivity index (χ1n) is 7.48. The minimum atomic E-state index is -4.14. The fourth-order valence-electron chi connectivity index (χ4n) is 2.74. The van der Waals surface area contributed by atoms with Crippen molar-refractivity contribution in [3.8, 4) is 0 Å². The number of guanidine groups is 1. The molecule has 0 amide bonds. The summed E-state index contributed by atoms with van der Waals surface area (Å²) in [5.41, 5.74) is 0. The molecule has 1 fully saturated rings. The molecule has 0 saturated carbocycles. The Hall–Kier alpha value is -1.24. The van der Waals surface area contributed by atoms with Crippen LogP contribution in [0.5, 0.6) is 0 Å². The van der Waals surface area contributed by atoms with Gasteiger partial charge in [-0.15, -0.1) is 0 Å². The Morgan fingerprint density at radius 3 is 2.67 bits per heavy atom. The number of alkyl halides is 3. The van der Waals surface area contributed by atoms with Crippen molar-refractivity contribution in [2.45, 2.75) is 32.0 Å². The van der Waals surface area contributed by atoms with E-state index in [1.165, 1.54) is 0 Å². The Bertz CT molecular complexity index is 384. The van der Waals surface area contributed by atoms with Crippen molar-refractivity contribution in [3.63, 3.8) is 0 Å². The molecule has 0 aromatic heterocycles. The minimum absolute atomic E-state index is 0.210.